The summed E-state index contributed by atoms with van der Waals surface area (Å²) in [7, 11) is 0. The number of carboxylic acids is 1. The first-order valence-electron chi connectivity index (χ1n) is 4.63. The van der Waals surface area contributed by atoms with E-state index in [0.29, 0.717) is 23.5 Å². The molecule has 0 aromatic rings. The number of rotatable bonds is 1. The van der Waals surface area contributed by atoms with Crippen LogP contribution in [-0.4, -0.2) is 22.3 Å². The minimum atomic E-state index is -0.913. The molecule has 13 heavy (non-hydrogen) atoms. The van der Waals surface area contributed by atoms with E-state index < -0.39 is 12.1 Å². The zero-order valence-electron chi connectivity index (χ0n) is 8.08. The van der Waals surface area contributed by atoms with Crippen molar-refractivity contribution in [3.05, 3.63) is 11.1 Å². The van der Waals surface area contributed by atoms with Crippen LogP contribution in [0.2, 0.25) is 0 Å². The van der Waals surface area contributed by atoms with E-state index in [-0.39, 0.29) is 0 Å². The first kappa shape index (κ1) is 10.3. The first-order chi connectivity index (χ1) is 6.02. The van der Waals surface area contributed by atoms with Crippen molar-refractivity contribution in [3.63, 3.8) is 0 Å². The van der Waals surface area contributed by atoms with Crippen LogP contribution in [0.25, 0.3) is 0 Å². The van der Waals surface area contributed by atoms with Crippen molar-refractivity contribution in [1.29, 1.82) is 0 Å². The molecule has 3 nitrogen and oxygen atoms in total. The second-order valence-electron chi connectivity index (χ2n) is 3.85. The quantitative estimate of drug-likeness (QED) is 0.608. The van der Waals surface area contributed by atoms with Crippen LogP contribution in [0.5, 0.6) is 0 Å². The molecule has 0 bridgehead atoms. The van der Waals surface area contributed by atoms with Gasteiger partial charge in [0.15, 0.2) is 0 Å². The van der Waals surface area contributed by atoms with Gasteiger partial charge in [-0.3, -0.25) is 0 Å². The highest BCUT2D eigenvalue weighted by molar-refractivity contribution is 5.87. The van der Waals surface area contributed by atoms with Crippen LogP contribution >= 0.6 is 0 Å². The van der Waals surface area contributed by atoms with Gasteiger partial charge >= 0.3 is 5.97 Å². The van der Waals surface area contributed by atoms with Gasteiger partial charge in [0.1, 0.15) is 0 Å². The molecule has 2 unspecified atom stereocenters. The van der Waals surface area contributed by atoms with E-state index in [2.05, 4.69) is 6.92 Å². The fraction of sp³-hybridized carbons (Fsp3) is 0.700. The molecule has 0 aromatic carbocycles. The highest BCUT2D eigenvalue weighted by Crippen LogP contribution is 2.30. The maximum absolute atomic E-state index is 10.7. The van der Waals surface area contributed by atoms with Gasteiger partial charge in [0.2, 0.25) is 0 Å². The smallest absolute Gasteiger partial charge is 0.331 e. The van der Waals surface area contributed by atoms with Gasteiger partial charge in [-0.05, 0) is 37.7 Å². The third kappa shape index (κ3) is 2.31. The average molecular weight is 184 g/mol. The van der Waals surface area contributed by atoms with Crippen molar-refractivity contribution in [1.82, 2.24) is 0 Å². The van der Waals surface area contributed by atoms with Gasteiger partial charge in [-0.1, -0.05) is 6.92 Å². The van der Waals surface area contributed by atoms with Gasteiger partial charge in [-0.25, -0.2) is 4.79 Å². The largest absolute Gasteiger partial charge is 0.478 e. The Morgan fingerprint density at radius 1 is 1.54 bits per heavy atom. The maximum atomic E-state index is 10.7. The molecule has 1 saturated carbocycles. The fourth-order valence-electron chi connectivity index (χ4n) is 1.78. The molecule has 0 amide bonds. The Labute approximate surface area is 78.1 Å². The van der Waals surface area contributed by atoms with Crippen molar-refractivity contribution in [2.45, 2.75) is 39.2 Å². The molecule has 1 rings (SSSR count). The third-order valence-corrected chi connectivity index (χ3v) is 2.74. The lowest BCUT2D eigenvalue weighted by Crippen LogP contribution is -2.23. The summed E-state index contributed by atoms with van der Waals surface area (Å²) in [5.74, 6) is -0.413. The summed E-state index contributed by atoms with van der Waals surface area (Å²) in [6.07, 6.45) is 1.86. The topological polar surface area (TPSA) is 57.5 Å². The summed E-state index contributed by atoms with van der Waals surface area (Å²) in [5.41, 5.74) is 1.03. The van der Waals surface area contributed by atoms with Crippen molar-refractivity contribution in [2.75, 3.05) is 0 Å². The molecule has 0 radical (unpaired) electrons. The van der Waals surface area contributed by atoms with Crippen LogP contribution in [0, 0.1) is 5.92 Å². The van der Waals surface area contributed by atoms with Gasteiger partial charge in [0.05, 0.1) is 6.10 Å². The Kier molecular flexibility index (Phi) is 3.09. The minimum Gasteiger partial charge on any atom is -0.478 e. The summed E-state index contributed by atoms with van der Waals surface area (Å²) in [5, 5.41) is 18.4. The summed E-state index contributed by atoms with van der Waals surface area (Å²) < 4.78 is 0. The Balaban J connectivity index is 2.81. The molecule has 0 aromatic heterocycles. The lowest BCUT2D eigenvalue weighted by Gasteiger charge is -2.26. The number of aliphatic hydroxyl groups excluding tert-OH is 1. The zero-order chi connectivity index (χ0) is 10.0. The van der Waals surface area contributed by atoms with E-state index in [0.717, 1.165) is 12.8 Å². The standard InChI is InChI=1S/C10H16O3/c1-6-3-4-8(9(11)5-6)7(2)10(12)13/h6,9,11H,3-5H2,1-2H3,(H,12,13)/b8-7-. The molecule has 2 N–H and O–H groups in total. The Morgan fingerprint density at radius 3 is 2.62 bits per heavy atom. The molecule has 74 valence electrons. The van der Waals surface area contributed by atoms with E-state index in [1.165, 1.54) is 0 Å². The highest BCUT2D eigenvalue weighted by Gasteiger charge is 2.24. The molecular formula is C10H16O3. The number of aliphatic hydroxyl groups is 1. The van der Waals surface area contributed by atoms with Crippen LogP contribution in [-0.2, 0) is 4.79 Å². The van der Waals surface area contributed by atoms with Crippen LogP contribution in [0.15, 0.2) is 11.1 Å². The van der Waals surface area contributed by atoms with Crippen LogP contribution in [0.3, 0.4) is 0 Å². The predicted octanol–water partition coefficient (Wildman–Crippen LogP) is 1.57. The molecule has 1 aliphatic rings. The van der Waals surface area contributed by atoms with E-state index in [9.17, 15) is 9.90 Å². The predicted molar refractivity (Wildman–Crippen MR) is 49.4 cm³/mol. The Hall–Kier alpha value is -0.830. The lowest BCUT2D eigenvalue weighted by atomic mass is 9.83. The number of hydrogen-bond acceptors (Lipinski definition) is 2. The van der Waals surface area contributed by atoms with Gasteiger partial charge < -0.3 is 10.2 Å². The molecule has 1 fully saturated rings. The van der Waals surface area contributed by atoms with E-state index in [1.807, 2.05) is 0 Å². The van der Waals surface area contributed by atoms with Crippen molar-refractivity contribution < 1.29 is 15.0 Å². The minimum absolute atomic E-state index is 0.319. The molecule has 3 heteroatoms. The van der Waals surface area contributed by atoms with Crippen molar-refractivity contribution in [3.8, 4) is 0 Å². The van der Waals surface area contributed by atoms with Gasteiger partial charge in [0.25, 0.3) is 0 Å². The monoisotopic (exact) mass is 184 g/mol. The van der Waals surface area contributed by atoms with Crippen molar-refractivity contribution in [2.24, 2.45) is 5.92 Å². The Bertz CT molecular complexity index is 243. The molecule has 2 atom stereocenters. The lowest BCUT2D eigenvalue weighted by molar-refractivity contribution is -0.132. The molecule has 0 heterocycles. The normalized spacial score (nSPS) is 32.8. The number of carbonyl (C=O) groups is 1. The second kappa shape index (κ2) is 3.92. The number of aliphatic carboxylic acids is 1. The summed E-state index contributed by atoms with van der Waals surface area (Å²) in [4.78, 5) is 10.7. The number of carboxylic acid groups (broad SMARTS) is 1. The fourth-order valence-corrected chi connectivity index (χ4v) is 1.78. The molecule has 0 saturated heterocycles. The van der Waals surface area contributed by atoms with Gasteiger partial charge in [-0.15, -0.1) is 0 Å². The van der Waals surface area contributed by atoms with E-state index in [4.69, 9.17) is 5.11 Å². The van der Waals surface area contributed by atoms with Crippen molar-refractivity contribution >= 4 is 5.97 Å². The van der Waals surface area contributed by atoms with Crippen LogP contribution in [0.1, 0.15) is 33.1 Å². The summed E-state index contributed by atoms with van der Waals surface area (Å²) in [6, 6.07) is 0. The van der Waals surface area contributed by atoms with Crippen LogP contribution in [0.4, 0.5) is 0 Å². The SMILES string of the molecule is C/C(C(=O)O)=C1\CCC(C)CC1O. The first-order valence-corrected chi connectivity index (χ1v) is 4.63. The maximum Gasteiger partial charge on any atom is 0.331 e. The Morgan fingerprint density at radius 2 is 2.15 bits per heavy atom. The number of hydrogen-bond donors (Lipinski definition) is 2. The zero-order valence-corrected chi connectivity index (χ0v) is 8.08. The molecule has 0 aliphatic heterocycles. The molecule has 1 aliphatic carbocycles. The van der Waals surface area contributed by atoms with Crippen LogP contribution < -0.4 is 0 Å². The third-order valence-electron chi connectivity index (χ3n) is 2.74. The molecule has 0 spiro atoms. The van der Waals surface area contributed by atoms with E-state index >= 15 is 0 Å². The van der Waals surface area contributed by atoms with E-state index in [1.54, 1.807) is 6.92 Å². The highest BCUT2D eigenvalue weighted by atomic mass is 16.4. The summed E-state index contributed by atoms with van der Waals surface area (Å²) in [6.45, 7) is 3.65. The summed E-state index contributed by atoms with van der Waals surface area (Å²) >= 11 is 0. The average Bonchev–Trinajstić information content (AvgIpc) is 2.03. The van der Waals surface area contributed by atoms with Gasteiger partial charge in [0, 0.05) is 5.57 Å². The molecular weight excluding hydrogens is 168 g/mol. The second-order valence-corrected chi connectivity index (χ2v) is 3.85. The van der Waals surface area contributed by atoms with Gasteiger partial charge in [-0.2, -0.15) is 0 Å².